The van der Waals surface area contributed by atoms with Crippen molar-refractivity contribution in [3.63, 3.8) is 0 Å². The topological polar surface area (TPSA) is 92.4 Å². The number of nitrogens with zero attached hydrogens (tertiary/aromatic N) is 1. The van der Waals surface area contributed by atoms with E-state index in [2.05, 4.69) is 9.71 Å². The van der Waals surface area contributed by atoms with Crippen molar-refractivity contribution in [1.82, 2.24) is 9.71 Å². The molecule has 0 bridgehead atoms. The summed E-state index contributed by atoms with van der Waals surface area (Å²) in [6, 6.07) is 8.08. The number of aromatic nitrogens is 1. The number of para-hydroxylation sites is 1. The van der Waals surface area contributed by atoms with Crippen LogP contribution in [-0.4, -0.2) is 30.8 Å². The molecule has 0 saturated heterocycles. The molecule has 34 heavy (non-hydrogen) atoms. The number of nitrogens with one attached hydrogen (secondary N) is 1. The second-order valence-corrected chi connectivity index (χ2v) is 11.4. The van der Waals surface area contributed by atoms with Gasteiger partial charge in [0.1, 0.15) is 12.1 Å². The van der Waals surface area contributed by atoms with E-state index in [1.54, 1.807) is 19.1 Å². The number of hydrogen-bond acceptors (Lipinski definition) is 5. The number of sulfonamides is 1. The van der Waals surface area contributed by atoms with E-state index in [1.165, 1.54) is 24.5 Å². The number of halogens is 3. The van der Waals surface area contributed by atoms with Gasteiger partial charge in [-0.1, -0.05) is 18.2 Å². The van der Waals surface area contributed by atoms with Crippen LogP contribution >= 0.6 is 11.6 Å². The average molecular weight is 511 g/mol. The summed E-state index contributed by atoms with van der Waals surface area (Å²) in [5, 5.41) is 9.77. The highest BCUT2D eigenvalue weighted by Gasteiger charge is 2.45. The van der Waals surface area contributed by atoms with E-state index in [4.69, 9.17) is 16.0 Å². The van der Waals surface area contributed by atoms with Gasteiger partial charge in [-0.2, -0.15) is 0 Å². The Morgan fingerprint density at radius 1 is 1.26 bits per heavy atom. The van der Waals surface area contributed by atoms with Crippen LogP contribution in [0, 0.1) is 11.6 Å². The fourth-order valence-electron chi connectivity index (χ4n) is 4.68. The van der Waals surface area contributed by atoms with Gasteiger partial charge in [-0.15, -0.1) is 11.6 Å². The molecule has 0 unspecified atom stereocenters. The fourth-order valence-corrected chi connectivity index (χ4v) is 5.59. The van der Waals surface area contributed by atoms with Crippen LogP contribution in [0.4, 0.5) is 8.78 Å². The van der Waals surface area contributed by atoms with Gasteiger partial charge in [0.25, 0.3) is 0 Å². The third kappa shape index (κ3) is 5.11. The minimum Gasteiger partial charge on any atom is -0.504 e. The highest BCUT2D eigenvalue weighted by atomic mass is 35.5. The van der Waals surface area contributed by atoms with Crippen LogP contribution in [0.15, 0.2) is 47.1 Å². The monoisotopic (exact) mass is 510 g/mol. The molecule has 2 aromatic carbocycles. The molecule has 0 spiro atoms. The molecule has 1 aromatic heterocycles. The first-order valence-electron chi connectivity index (χ1n) is 10.8. The minimum absolute atomic E-state index is 0.0471. The standard InChI is InChI=1S/C24H25ClF2N2O4S/c1-14(25)21-13-33-23(28-21)24(9-8-16(12-24)29-34(2,31)32)11-15-6-7-19(26)18(10-15)17-4-3-5-20(27)22(17)30/h3-7,10,13-14,16,29-30H,8-9,11-12H2,1-2H3/t14-,16+,24-/m1/s1. The van der Waals surface area contributed by atoms with Gasteiger partial charge in [0, 0.05) is 17.2 Å². The van der Waals surface area contributed by atoms with E-state index in [-0.39, 0.29) is 22.5 Å². The molecule has 0 aliphatic heterocycles. The van der Waals surface area contributed by atoms with Crippen molar-refractivity contribution >= 4 is 21.6 Å². The summed E-state index contributed by atoms with van der Waals surface area (Å²) in [6.45, 7) is 1.77. The van der Waals surface area contributed by atoms with Gasteiger partial charge in [-0.25, -0.2) is 26.9 Å². The maximum Gasteiger partial charge on any atom is 0.208 e. The Morgan fingerprint density at radius 3 is 2.71 bits per heavy atom. The Labute approximate surface area is 202 Å². The number of oxazole rings is 1. The number of alkyl halides is 1. The molecule has 0 amide bonds. The van der Waals surface area contributed by atoms with E-state index in [9.17, 15) is 22.3 Å². The second kappa shape index (κ2) is 9.28. The quantitative estimate of drug-likeness (QED) is 0.426. The SMILES string of the molecule is C[C@@H](Cl)c1coc([C@@]2(Cc3ccc(F)c(-c4cccc(F)c4O)c3)CC[C@H](NS(C)(=O)=O)C2)n1. The minimum atomic E-state index is -3.41. The molecular formula is C24H25ClF2N2O4S. The van der Waals surface area contributed by atoms with Crippen LogP contribution < -0.4 is 4.72 Å². The van der Waals surface area contributed by atoms with Crippen molar-refractivity contribution in [3.05, 3.63) is 71.4 Å². The van der Waals surface area contributed by atoms with Gasteiger partial charge in [0.2, 0.25) is 15.9 Å². The lowest BCUT2D eigenvalue weighted by Crippen LogP contribution is -2.35. The number of benzene rings is 2. The van der Waals surface area contributed by atoms with Crippen molar-refractivity contribution in [2.24, 2.45) is 0 Å². The summed E-state index contributed by atoms with van der Waals surface area (Å²) in [4.78, 5) is 4.58. The lowest BCUT2D eigenvalue weighted by Gasteiger charge is -2.26. The van der Waals surface area contributed by atoms with Gasteiger partial charge in [0.15, 0.2) is 11.6 Å². The second-order valence-electron chi connectivity index (χ2n) is 8.93. The van der Waals surface area contributed by atoms with Crippen molar-refractivity contribution in [1.29, 1.82) is 0 Å². The molecule has 0 radical (unpaired) electrons. The molecule has 3 atom stereocenters. The van der Waals surface area contributed by atoms with E-state index in [1.807, 2.05) is 0 Å². The molecule has 10 heteroatoms. The number of hydrogen-bond donors (Lipinski definition) is 2. The summed E-state index contributed by atoms with van der Waals surface area (Å²) in [6.07, 6.45) is 4.55. The molecule has 6 nitrogen and oxygen atoms in total. The molecule has 182 valence electrons. The van der Waals surface area contributed by atoms with Gasteiger partial charge >= 0.3 is 0 Å². The van der Waals surface area contributed by atoms with E-state index in [0.717, 1.165) is 12.3 Å². The third-order valence-electron chi connectivity index (χ3n) is 6.22. The number of phenolic OH excluding ortho intramolecular Hbond substituents is 1. The van der Waals surface area contributed by atoms with Gasteiger partial charge in [-0.3, -0.25) is 0 Å². The lowest BCUT2D eigenvalue weighted by molar-refractivity contribution is 0.318. The van der Waals surface area contributed by atoms with Crippen LogP contribution in [0.5, 0.6) is 5.75 Å². The molecular weight excluding hydrogens is 486 g/mol. The first-order chi connectivity index (χ1) is 16.0. The van der Waals surface area contributed by atoms with Crippen LogP contribution in [-0.2, 0) is 21.9 Å². The van der Waals surface area contributed by atoms with Crippen LogP contribution in [0.2, 0.25) is 0 Å². The first kappa shape index (κ1) is 24.6. The molecule has 3 aromatic rings. The number of rotatable bonds is 7. The Hall–Kier alpha value is -2.49. The Bertz CT molecular complexity index is 1310. The van der Waals surface area contributed by atoms with Crippen molar-refractivity contribution in [2.45, 2.75) is 49.4 Å². The first-order valence-corrected chi connectivity index (χ1v) is 13.1. The van der Waals surface area contributed by atoms with Gasteiger partial charge in [-0.05, 0) is 56.4 Å². The van der Waals surface area contributed by atoms with Crippen LogP contribution in [0.3, 0.4) is 0 Å². The Kier molecular flexibility index (Phi) is 6.72. The smallest absolute Gasteiger partial charge is 0.208 e. The molecule has 2 N–H and O–H groups in total. The van der Waals surface area contributed by atoms with Crippen molar-refractivity contribution < 1.29 is 26.7 Å². The molecule has 1 saturated carbocycles. The van der Waals surface area contributed by atoms with E-state index < -0.39 is 32.8 Å². The molecule has 1 aliphatic carbocycles. The average Bonchev–Trinajstić information content (AvgIpc) is 3.39. The molecule has 1 heterocycles. The zero-order valence-corrected chi connectivity index (χ0v) is 20.3. The van der Waals surface area contributed by atoms with Gasteiger partial charge in [0.05, 0.1) is 22.7 Å². The maximum absolute atomic E-state index is 14.7. The Morgan fingerprint density at radius 2 is 2.03 bits per heavy atom. The highest BCUT2D eigenvalue weighted by molar-refractivity contribution is 7.88. The fraction of sp³-hybridized carbons (Fsp3) is 0.375. The molecule has 1 aliphatic rings. The van der Waals surface area contributed by atoms with Crippen LogP contribution in [0.25, 0.3) is 11.1 Å². The predicted octanol–water partition coefficient (Wildman–Crippen LogP) is 5.21. The van der Waals surface area contributed by atoms with Crippen molar-refractivity contribution in [3.8, 4) is 16.9 Å². The van der Waals surface area contributed by atoms with Crippen molar-refractivity contribution in [2.75, 3.05) is 6.26 Å². The summed E-state index contributed by atoms with van der Waals surface area (Å²) >= 11 is 6.17. The summed E-state index contributed by atoms with van der Waals surface area (Å²) in [5.74, 6) is -1.63. The maximum atomic E-state index is 14.7. The number of aromatic hydroxyl groups is 1. The molecule has 4 rings (SSSR count). The third-order valence-corrected chi connectivity index (χ3v) is 7.21. The highest BCUT2D eigenvalue weighted by Crippen LogP contribution is 2.45. The molecule has 1 fully saturated rings. The largest absolute Gasteiger partial charge is 0.504 e. The van der Waals surface area contributed by atoms with Crippen LogP contribution in [0.1, 0.15) is 48.7 Å². The van der Waals surface area contributed by atoms with E-state index >= 15 is 0 Å². The summed E-state index contributed by atoms with van der Waals surface area (Å²) in [5.41, 5.74) is 0.728. The normalized spacial score (nSPS) is 21.6. The summed E-state index contributed by atoms with van der Waals surface area (Å²) < 4.78 is 60.7. The zero-order chi connectivity index (χ0) is 24.7. The number of phenols is 1. The van der Waals surface area contributed by atoms with E-state index in [0.29, 0.717) is 42.8 Å². The zero-order valence-electron chi connectivity index (χ0n) is 18.7. The predicted molar refractivity (Wildman–Crippen MR) is 125 cm³/mol. The lowest BCUT2D eigenvalue weighted by atomic mass is 9.79. The Balaban J connectivity index is 1.73. The summed E-state index contributed by atoms with van der Waals surface area (Å²) in [7, 11) is -3.41. The van der Waals surface area contributed by atoms with Gasteiger partial charge < -0.3 is 9.52 Å².